The summed E-state index contributed by atoms with van der Waals surface area (Å²) in [5, 5.41) is 21.8. The number of β-amino-alcohol motifs (C(OH)–C–C–N with tert-alkyl or cyclic N) is 1. The predicted molar refractivity (Wildman–Crippen MR) is 103 cm³/mol. The van der Waals surface area contributed by atoms with E-state index in [4.69, 9.17) is 5.11 Å². The molecule has 1 heterocycles. The van der Waals surface area contributed by atoms with Gasteiger partial charge in [0.15, 0.2) is 0 Å². The summed E-state index contributed by atoms with van der Waals surface area (Å²) in [5.74, 6) is -1.98. The molecular weight excluding hydrogens is 438 g/mol. The summed E-state index contributed by atoms with van der Waals surface area (Å²) < 4.78 is 54.6. The van der Waals surface area contributed by atoms with Crippen molar-refractivity contribution in [2.45, 2.75) is 56.8 Å². The van der Waals surface area contributed by atoms with Gasteiger partial charge >= 0.3 is 12.4 Å². The van der Waals surface area contributed by atoms with Gasteiger partial charge in [0.2, 0.25) is 5.91 Å². The van der Waals surface area contributed by atoms with Crippen LogP contribution in [0.1, 0.15) is 31.2 Å². The first-order chi connectivity index (χ1) is 15.1. The van der Waals surface area contributed by atoms with E-state index in [-0.39, 0.29) is 56.6 Å². The summed E-state index contributed by atoms with van der Waals surface area (Å²) in [5.41, 5.74) is -0.0212. The summed E-state index contributed by atoms with van der Waals surface area (Å²) in [6.07, 6.45) is -4.08. The molecule has 1 aromatic rings. The van der Waals surface area contributed by atoms with Crippen molar-refractivity contribution in [2.24, 2.45) is 0 Å². The number of likely N-dealkylation sites (tertiary alicyclic amines) is 1. The van der Waals surface area contributed by atoms with Crippen molar-refractivity contribution in [3.63, 3.8) is 0 Å². The van der Waals surface area contributed by atoms with Gasteiger partial charge in [-0.05, 0) is 25.3 Å². The molecule has 32 heavy (non-hydrogen) atoms. The Hall–Kier alpha value is -2.60. The van der Waals surface area contributed by atoms with Crippen molar-refractivity contribution >= 4 is 11.9 Å². The van der Waals surface area contributed by atoms with Crippen LogP contribution in [0.4, 0.5) is 22.4 Å². The third kappa shape index (κ3) is 6.45. The van der Waals surface area contributed by atoms with E-state index >= 15 is 0 Å². The molecule has 12 heteroatoms. The van der Waals surface area contributed by atoms with Gasteiger partial charge in [-0.2, -0.15) is 0 Å². The lowest BCUT2D eigenvalue weighted by Gasteiger charge is -2.41. The number of hydrogen-bond donors (Lipinski definition) is 3. The van der Waals surface area contributed by atoms with E-state index in [1.165, 1.54) is 4.90 Å². The second kappa shape index (κ2) is 9.90. The Morgan fingerprint density at radius 3 is 2.53 bits per heavy atom. The molecule has 0 spiro atoms. The highest BCUT2D eigenvalue weighted by molar-refractivity contribution is 5.77. The van der Waals surface area contributed by atoms with Gasteiger partial charge < -0.3 is 30.1 Å². The monoisotopic (exact) mass is 463 g/mol. The normalized spacial score (nSPS) is 21.2. The number of urea groups is 1. The lowest BCUT2D eigenvalue weighted by molar-refractivity contribution is -0.274. The summed E-state index contributed by atoms with van der Waals surface area (Å²) in [6.45, 7) is -0.255. The van der Waals surface area contributed by atoms with Crippen LogP contribution in [-0.2, 0) is 11.3 Å². The standard InChI is InChI=1S/C20H25F4N3O5/c21-17-8-16(32-20(22,23)24)4-1-12(17)9-25-19(31)27(13-2-3-13)14-7-15(29)11-26(10-14)18(30)5-6-28/h1,4,8,13-15,28-29H,2-3,5-7,9-11H2,(H,25,31)/t14-,15+/m1/s1. The van der Waals surface area contributed by atoms with Gasteiger partial charge in [0.05, 0.1) is 18.8 Å². The van der Waals surface area contributed by atoms with E-state index < -0.39 is 36.1 Å². The molecule has 3 N–H and O–H groups in total. The number of piperidine rings is 1. The maximum atomic E-state index is 14.2. The highest BCUT2D eigenvalue weighted by atomic mass is 19.4. The number of rotatable bonds is 7. The zero-order valence-corrected chi connectivity index (χ0v) is 17.1. The Morgan fingerprint density at radius 2 is 1.94 bits per heavy atom. The number of halogens is 4. The summed E-state index contributed by atoms with van der Waals surface area (Å²) in [6, 6.07) is 1.59. The minimum atomic E-state index is -4.94. The molecule has 1 saturated heterocycles. The van der Waals surface area contributed by atoms with Gasteiger partial charge in [0.25, 0.3) is 0 Å². The first kappa shape index (κ1) is 24.1. The molecule has 2 aliphatic rings. The number of benzene rings is 1. The van der Waals surface area contributed by atoms with E-state index in [1.54, 1.807) is 4.90 Å². The minimum absolute atomic E-state index is 0.0212. The molecule has 1 aromatic carbocycles. The van der Waals surface area contributed by atoms with Gasteiger partial charge in [-0.15, -0.1) is 13.2 Å². The van der Waals surface area contributed by atoms with Crippen LogP contribution in [0.15, 0.2) is 18.2 Å². The lowest BCUT2D eigenvalue weighted by atomic mass is 10.0. The number of aliphatic hydroxyl groups excluding tert-OH is 2. The maximum Gasteiger partial charge on any atom is 0.573 e. The number of ether oxygens (including phenoxy) is 1. The molecule has 3 amide bonds. The molecular formula is C20H25F4N3O5. The Labute approximate surface area is 181 Å². The highest BCUT2D eigenvalue weighted by Crippen LogP contribution is 2.32. The van der Waals surface area contributed by atoms with E-state index in [0.717, 1.165) is 25.0 Å². The molecule has 0 radical (unpaired) electrons. The molecule has 0 unspecified atom stereocenters. The molecule has 3 rings (SSSR count). The SMILES string of the molecule is O=C(CCO)N1C[C@@H](O)C[C@@H](N(C(=O)NCc2ccc(OC(F)(F)F)cc2F)C2CC2)C1. The minimum Gasteiger partial charge on any atom is -0.406 e. The Balaban J connectivity index is 1.64. The summed E-state index contributed by atoms with van der Waals surface area (Å²) >= 11 is 0. The topological polar surface area (TPSA) is 102 Å². The fourth-order valence-corrected chi connectivity index (χ4v) is 3.82. The Morgan fingerprint density at radius 1 is 1.22 bits per heavy atom. The third-order valence-electron chi connectivity index (χ3n) is 5.34. The average Bonchev–Trinajstić information content (AvgIpc) is 3.51. The second-order valence-electron chi connectivity index (χ2n) is 7.91. The molecule has 0 aromatic heterocycles. The first-order valence-corrected chi connectivity index (χ1v) is 10.2. The van der Waals surface area contributed by atoms with Crippen LogP contribution in [0.25, 0.3) is 0 Å². The summed E-state index contributed by atoms with van der Waals surface area (Å²) in [7, 11) is 0. The first-order valence-electron chi connectivity index (χ1n) is 10.2. The number of nitrogens with zero attached hydrogens (tertiary/aromatic N) is 2. The van der Waals surface area contributed by atoms with Gasteiger partial charge in [0, 0.05) is 43.7 Å². The van der Waals surface area contributed by atoms with Crippen molar-refractivity contribution in [1.29, 1.82) is 0 Å². The quantitative estimate of drug-likeness (QED) is 0.535. The van der Waals surface area contributed by atoms with E-state index in [1.807, 2.05) is 0 Å². The van der Waals surface area contributed by atoms with Gasteiger partial charge in [-0.1, -0.05) is 6.07 Å². The van der Waals surface area contributed by atoms with E-state index in [0.29, 0.717) is 6.07 Å². The van der Waals surface area contributed by atoms with Crippen LogP contribution >= 0.6 is 0 Å². The molecule has 2 fully saturated rings. The Bertz CT molecular complexity index is 834. The molecule has 0 bridgehead atoms. The molecule has 178 valence electrons. The van der Waals surface area contributed by atoms with Gasteiger partial charge in [-0.25, -0.2) is 9.18 Å². The van der Waals surface area contributed by atoms with Crippen LogP contribution in [0, 0.1) is 5.82 Å². The van der Waals surface area contributed by atoms with Crippen LogP contribution in [0.2, 0.25) is 0 Å². The predicted octanol–water partition coefficient (Wildman–Crippen LogP) is 1.74. The van der Waals surface area contributed by atoms with Crippen LogP contribution in [0.5, 0.6) is 5.75 Å². The third-order valence-corrected chi connectivity index (χ3v) is 5.34. The van der Waals surface area contributed by atoms with Crippen molar-refractivity contribution < 1.29 is 42.1 Å². The highest BCUT2D eigenvalue weighted by Gasteiger charge is 2.41. The lowest BCUT2D eigenvalue weighted by Crippen LogP contribution is -2.58. The van der Waals surface area contributed by atoms with E-state index in [2.05, 4.69) is 10.1 Å². The average molecular weight is 463 g/mol. The Kier molecular flexibility index (Phi) is 7.44. The van der Waals surface area contributed by atoms with E-state index in [9.17, 15) is 32.3 Å². The second-order valence-corrected chi connectivity index (χ2v) is 7.91. The smallest absolute Gasteiger partial charge is 0.406 e. The number of aliphatic hydroxyl groups is 2. The zero-order valence-electron chi connectivity index (χ0n) is 17.1. The van der Waals surface area contributed by atoms with Crippen LogP contribution in [0.3, 0.4) is 0 Å². The van der Waals surface area contributed by atoms with Crippen LogP contribution < -0.4 is 10.1 Å². The number of hydrogen-bond acceptors (Lipinski definition) is 5. The summed E-state index contributed by atoms with van der Waals surface area (Å²) in [4.78, 5) is 28.0. The zero-order chi connectivity index (χ0) is 23.5. The molecule has 1 saturated carbocycles. The number of carbonyl (C=O) groups excluding carboxylic acids is 2. The molecule has 2 atom stereocenters. The number of carbonyl (C=O) groups is 2. The van der Waals surface area contributed by atoms with Crippen LogP contribution in [-0.4, -0.2) is 76.2 Å². The fourth-order valence-electron chi connectivity index (χ4n) is 3.82. The van der Waals surface area contributed by atoms with Crippen molar-refractivity contribution in [2.75, 3.05) is 19.7 Å². The number of amides is 3. The van der Waals surface area contributed by atoms with Crippen molar-refractivity contribution in [1.82, 2.24) is 15.1 Å². The van der Waals surface area contributed by atoms with Crippen molar-refractivity contribution in [3.8, 4) is 5.75 Å². The molecule has 1 aliphatic heterocycles. The molecule has 1 aliphatic carbocycles. The largest absolute Gasteiger partial charge is 0.573 e. The van der Waals surface area contributed by atoms with Crippen molar-refractivity contribution in [3.05, 3.63) is 29.6 Å². The fraction of sp³-hybridized carbons (Fsp3) is 0.600. The molecule has 8 nitrogen and oxygen atoms in total. The van der Waals surface area contributed by atoms with Gasteiger partial charge in [-0.3, -0.25) is 4.79 Å². The van der Waals surface area contributed by atoms with Gasteiger partial charge in [0.1, 0.15) is 11.6 Å². The number of nitrogens with one attached hydrogen (secondary N) is 1. The number of alkyl halides is 3. The maximum absolute atomic E-state index is 14.2.